The van der Waals surface area contributed by atoms with Crippen LogP contribution in [0.2, 0.25) is 0 Å². The summed E-state index contributed by atoms with van der Waals surface area (Å²) in [5, 5.41) is 5.71. The van der Waals surface area contributed by atoms with Crippen LogP contribution in [-0.4, -0.2) is 14.2 Å². The lowest BCUT2D eigenvalue weighted by Crippen LogP contribution is -2.19. The Labute approximate surface area is 124 Å². The molecule has 0 saturated heterocycles. The second-order valence-corrected chi connectivity index (χ2v) is 5.56. The van der Waals surface area contributed by atoms with Crippen LogP contribution in [0, 0.1) is 0 Å². The van der Waals surface area contributed by atoms with E-state index in [9.17, 15) is 0 Å². The molecule has 2 rings (SSSR count). The molecule has 1 heterocycles. The van der Waals surface area contributed by atoms with Gasteiger partial charge in [0, 0.05) is 23.5 Å². The molecule has 1 aromatic heterocycles. The smallest absolute Gasteiger partial charge is 0.122 e. The topological polar surface area (TPSA) is 30.5 Å². The molecule has 0 aliphatic heterocycles. The summed E-state index contributed by atoms with van der Waals surface area (Å²) in [5.74, 6) is 1.65. The number of hydrogen-bond donors (Lipinski definition) is 1. The Bertz CT molecular complexity index is 503. The summed E-state index contributed by atoms with van der Waals surface area (Å²) < 4.78 is 10.6. The van der Waals surface area contributed by atoms with Crippen molar-refractivity contribution in [2.45, 2.75) is 25.9 Å². The van der Waals surface area contributed by atoms with Gasteiger partial charge in [0.05, 0.1) is 14.2 Å². The minimum atomic E-state index is 0.396. The van der Waals surface area contributed by atoms with Crippen LogP contribution in [-0.2, 0) is 6.54 Å². The zero-order chi connectivity index (χ0) is 14.4. The first-order chi connectivity index (χ1) is 9.76. The van der Waals surface area contributed by atoms with Gasteiger partial charge in [0.25, 0.3) is 0 Å². The van der Waals surface area contributed by atoms with Crippen LogP contribution >= 0.6 is 11.3 Å². The molecule has 108 valence electrons. The summed E-state index contributed by atoms with van der Waals surface area (Å²) in [4.78, 5) is 1.38. The molecule has 20 heavy (non-hydrogen) atoms. The molecular formula is C16H21NO2S. The molecule has 0 saturated carbocycles. The van der Waals surface area contributed by atoms with E-state index in [0.29, 0.717) is 6.04 Å². The Morgan fingerprint density at radius 2 is 1.85 bits per heavy atom. The molecule has 0 radical (unpaired) electrons. The number of nitrogens with one attached hydrogen (secondary N) is 1. The molecule has 1 unspecified atom stereocenters. The maximum Gasteiger partial charge on any atom is 0.122 e. The van der Waals surface area contributed by atoms with Crippen LogP contribution in [0.25, 0.3) is 0 Å². The van der Waals surface area contributed by atoms with Crippen LogP contribution in [0.4, 0.5) is 0 Å². The molecule has 0 amide bonds. The lowest BCUT2D eigenvalue weighted by Gasteiger charge is -2.16. The molecule has 0 aliphatic carbocycles. The van der Waals surface area contributed by atoms with Crippen molar-refractivity contribution >= 4 is 11.3 Å². The third-order valence-corrected chi connectivity index (χ3v) is 4.24. The van der Waals surface area contributed by atoms with Crippen LogP contribution < -0.4 is 14.8 Å². The third-order valence-electron chi connectivity index (χ3n) is 3.26. The predicted molar refractivity (Wildman–Crippen MR) is 83.7 cm³/mol. The maximum atomic E-state index is 5.30. The van der Waals surface area contributed by atoms with Crippen molar-refractivity contribution in [1.82, 2.24) is 5.32 Å². The Balaban J connectivity index is 2.06. The second kappa shape index (κ2) is 7.31. The van der Waals surface area contributed by atoms with Gasteiger partial charge in [-0.1, -0.05) is 13.0 Å². The highest BCUT2D eigenvalue weighted by molar-refractivity contribution is 7.10. The molecule has 0 bridgehead atoms. The first kappa shape index (κ1) is 14.9. The SMILES string of the molecule is CCC(NCc1cc(OC)cc(OC)c1)c1cccs1. The Morgan fingerprint density at radius 1 is 1.15 bits per heavy atom. The van der Waals surface area contributed by atoms with Crippen LogP contribution in [0.1, 0.15) is 29.8 Å². The quantitative estimate of drug-likeness (QED) is 0.836. The summed E-state index contributed by atoms with van der Waals surface area (Å²) >= 11 is 1.79. The van der Waals surface area contributed by atoms with E-state index < -0.39 is 0 Å². The van der Waals surface area contributed by atoms with E-state index in [1.165, 1.54) is 4.88 Å². The predicted octanol–water partition coefficient (Wildman–Crippen LogP) is 4.01. The third kappa shape index (κ3) is 3.74. The highest BCUT2D eigenvalue weighted by Gasteiger charge is 2.10. The largest absolute Gasteiger partial charge is 0.497 e. The van der Waals surface area contributed by atoms with E-state index in [2.05, 4.69) is 29.8 Å². The van der Waals surface area contributed by atoms with Gasteiger partial charge in [-0.15, -0.1) is 11.3 Å². The van der Waals surface area contributed by atoms with E-state index in [4.69, 9.17) is 9.47 Å². The van der Waals surface area contributed by atoms with Crippen molar-refractivity contribution in [2.24, 2.45) is 0 Å². The molecule has 2 aromatic rings. The van der Waals surface area contributed by atoms with Gasteiger partial charge in [-0.2, -0.15) is 0 Å². The number of benzene rings is 1. The Morgan fingerprint density at radius 3 is 2.35 bits per heavy atom. The molecule has 0 aliphatic rings. The lowest BCUT2D eigenvalue weighted by atomic mass is 10.1. The number of hydrogen-bond acceptors (Lipinski definition) is 4. The molecule has 4 heteroatoms. The van der Waals surface area contributed by atoms with Gasteiger partial charge < -0.3 is 14.8 Å². The summed E-state index contributed by atoms with van der Waals surface area (Å²) in [6, 6.07) is 10.6. The highest BCUT2D eigenvalue weighted by atomic mass is 32.1. The average molecular weight is 291 g/mol. The van der Waals surface area contributed by atoms with Gasteiger partial charge in [-0.3, -0.25) is 0 Å². The Kier molecular flexibility index (Phi) is 5.44. The average Bonchev–Trinajstić information content (AvgIpc) is 3.01. The van der Waals surface area contributed by atoms with Crippen molar-refractivity contribution in [3.05, 3.63) is 46.2 Å². The van der Waals surface area contributed by atoms with E-state index in [0.717, 1.165) is 30.0 Å². The molecule has 3 nitrogen and oxygen atoms in total. The van der Waals surface area contributed by atoms with Gasteiger partial charge in [-0.25, -0.2) is 0 Å². The summed E-state index contributed by atoms with van der Waals surface area (Å²) in [7, 11) is 3.35. The van der Waals surface area contributed by atoms with Crippen molar-refractivity contribution in [3.63, 3.8) is 0 Å². The fraction of sp³-hybridized carbons (Fsp3) is 0.375. The molecule has 1 N–H and O–H groups in total. The zero-order valence-corrected chi connectivity index (χ0v) is 13.0. The summed E-state index contributed by atoms with van der Waals surface area (Å²) in [6.07, 6.45) is 1.07. The van der Waals surface area contributed by atoms with Gasteiger partial charge in [0.2, 0.25) is 0 Å². The molecule has 0 fully saturated rings. The van der Waals surface area contributed by atoms with Gasteiger partial charge >= 0.3 is 0 Å². The number of ether oxygens (including phenoxy) is 2. The van der Waals surface area contributed by atoms with Crippen molar-refractivity contribution in [3.8, 4) is 11.5 Å². The summed E-state index contributed by atoms with van der Waals surface area (Å²) in [6.45, 7) is 2.99. The van der Waals surface area contributed by atoms with Gasteiger partial charge in [-0.05, 0) is 35.6 Å². The van der Waals surface area contributed by atoms with Crippen molar-refractivity contribution in [2.75, 3.05) is 14.2 Å². The van der Waals surface area contributed by atoms with Crippen LogP contribution in [0.3, 0.4) is 0 Å². The zero-order valence-electron chi connectivity index (χ0n) is 12.2. The minimum absolute atomic E-state index is 0.396. The minimum Gasteiger partial charge on any atom is -0.497 e. The van der Waals surface area contributed by atoms with Gasteiger partial charge in [0.1, 0.15) is 11.5 Å². The fourth-order valence-corrected chi connectivity index (χ4v) is 3.03. The first-order valence-electron chi connectivity index (χ1n) is 6.75. The molecular weight excluding hydrogens is 270 g/mol. The number of rotatable bonds is 7. The fourth-order valence-electron chi connectivity index (χ4n) is 2.15. The van der Waals surface area contributed by atoms with E-state index in [1.54, 1.807) is 25.6 Å². The van der Waals surface area contributed by atoms with E-state index >= 15 is 0 Å². The van der Waals surface area contributed by atoms with Crippen molar-refractivity contribution in [1.29, 1.82) is 0 Å². The van der Waals surface area contributed by atoms with Crippen LogP contribution in [0.15, 0.2) is 35.7 Å². The summed E-state index contributed by atoms with van der Waals surface area (Å²) in [5.41, 5.74) is 1.16. The highest BCUT2D eigenvalue weighted by Crippen LogP contribution is 2.25. The monoisotopic (exact) mass is 291 g/mol. The lowest BCUT2D eigenvalue weighted by molar-refractivity contribution is 0.392. The number of thiophene rings is 1. The van der Waals surface area contributed by atoms with Crippen molar-refractivity contribution < 1.29 is 9.47 Å². The first-order valence-corrected chi connectivity index (χ1v) is 7.63. The second-order valence-electron chi connectivity index (χ2n) is 4.58. The van der Waals surface area contributed by atoms with E-state index in [1.807, 2.05) is 18.2 Å². The molecule has 0 spiro atoms. The number of methoxy groups -OCH3 is 2. The normalized spacial score (nSPS) is 12.2. The van der Waals surface area contributed by atoms with Crippen LogP contribution in [0.5, 0.6) is 11.5 Å². The maximum absolute atomic E-state index is 5.30. The molecule has 1 atom stereocenters. The van der Waals surface area contributed by atoms with E-state index in [-0.39, 0.29) is 0 Å². The molecule has 1 aromatic carbocycles. The standard InChI is InChI=1S/C16H21NO2S/c1-4-15(16-6-5-7-20-16)17-11-12-8-13(18-2)10-14(9-12)19-3/h5-10,15,17H,4,11H2,1-3H3. The Hall–Kier alpha value is -1.52. The van der Waals surface area contributed by atoms with Gasteiger partial charge in [0.15, 0.2) is 0 Å².